The fourth-order valence-corrected chi connectivity index (χ4v) is 2.71. The van der Waals surface area contributed by atoms with Gasteiger partial charge in [0.15, 0.2) is 0 Å². The van der Waals surface area contributed by atoms with Crippen LogP contribution >= 0.6 is 0 Å². The van der Waals surface area contributed by atoms with Crippen molar-refractivity contribution in [2.45, 2.75) is 6.42 Å². The highest BCUT2D eigenvalue weighted by molar-refractivity contribution is 4.92. The van der Waals surface area contributed by atoms with E-state index in [2.05, 4.69) is 0 Å². The maximum atomic E-state index is 5.73. The Labute approximate surface area is 80.0 Å². The number of hydrogen-bond acceptors (Lipinski definition) is 4. The second-order valence-electron chi connectivity index (χ2n) is 4.03. The fraction of sp³-hybridized carbons (Fsp3) is 1.00. The Kier molecular flexibility index (Phi) is 4.12. The predicted molar refractivity (Wildman–Crippen MR) is 54.8 cm³/mol. The standard InChI is InChI=1S/C9H22N4/c10-2-6-1-7(3-11)9(5-13)8(6)4-12/h6-9H,1-5,10-13H2. The van der Waals surface area contributed by atoms with Crippen LogP contribution in [0.5, 0.6) is 0 Å². The molecule has 4 atom stereocenters. The van der Waals surface area contributed by atoms with E-state index in [0.717, 1.165) is 19.5 Å². The molecule has 0 aromatic rings. The third-order valence-corrected chi connectivity index (χ3v) is 3.52. The van der Waals surface area contributed by atoms with E-state index in [-0.39, 0.29) is 0 Å². The molecule has 78 valence electrons. The van der Waals surface area contributed by atoms with Crippen molar-refractivity contribution in [1.29, 1.82) is 0 Å². The summed E-state index contributed by atoms with van der Waals surface area (Å²) in [5, 5.41) is 0. The summed E-state index contributed by atoms with van der Waals surface area (Å²) in [6, 6.07) is 0. The Morgan fingerprint density at radius 2 is 1.08 bits per heavy atom. The summed E-state index contributed by atoms with van der Waals surface area (Å²) in [6.07, 6.45) is 1.11. The van der Waals surface area contributed by atoms with Crippen LogP contribution in [-0.4, -0.2) is 26.2 Å². The van der Waals surface area contributed by atoms with E-state index < -0.39 is 0 Å². The topological polar surface area (TPSA) is 104 Å². The van der Waals surface area contributed by atoms with Crippen LogP contribution in [0, 0.1) is 23.7 Å². The smallest absolute Gasteiger partial charge is 0.00425 e. The first-order valence-corrected chi connectivity index (χ1v) is 5.08. The predicted octanol–water partition coefficient (Wildman–Crippen LogP) is -1.31. The van der Waals surface area contributed by atoms with Gasteiger partial charge >= 0.3 is 0 Å². The molecule has 0 bridgehead atoms. The molecule has 1 aliphatic rings. The largest absolute Gasteiger partial charge is 0.330 e. The minimum absolute atomic E-state index is 0.489. The van der Waals surface area contributed by atoms with Gasteiger partial charge < -0.3 is 22.9 Å². The summed E-state index contributed by atoms with van der Waals surface area (Å²) in [7, 11) is 0. The van der Waals surface area contributed by atoms with Gasteiger partial charge in [0, 0.05) is 0 Å². The first kappa shape index (κ1) is 10.9. The van der Waals surface area contributed by atoms with Crippen molar-refractivity contribution in [3.63, 3.8) is 0 Å². The van der Waals surface area contributed by atoms with Gasteiger partial charge in [-0.15, -0.1) is 0 Å². The lowest BCUT2D eigenvalue weighted by Gasteiger charge is -2.23. The average molecular weight is 186 g/mol. The molecule has 1 aliphatic carbocycles. The van der Waals surface area contributed by atoms with E-state index in [1.165, 1.54) is 0 Å². The van der Waals surface area contributed by atoms with Crippen LogP contribution in [-0.2, 0) is 0 Å². The molecule has 0 amide bonds. The monoisotopic (exact) mass is 186 g/mol. The highest BCUT2D eigenvalue weighted by Crippen LogP contribution is 2.39. The molecule has 8 N–H and O–H groups in total. The molecule has 1 rings (SSSR count). The van der Waals surface area contributed by atoms with Crippen LogP contribution in [0.25, 0.3) is 0 Å². The van der Waals surface area contributed by atoms with E-state index in [1.807, 2.05) is 0 Å². The summed E-state index contributed by atoms with van der Waals surface area (Å²) in [5.74, 6) is 2.05. The molecule has 0 spiro atoms. The molecule has 1 fully saturated rings. The van der Waals surface area contributed by atoms with Crippen molar-refractivity contribution in [3.8, 4) is 0 Å². The summed E-state index contributed by atoms with van der Waals surface area (Å²) < 4.78 is 0. The Morgan fingerprint density at radius 3 is 1.31 bits per heavy atom. The first-order chi connectivity index (χ1) is 6.28. The third-order valence-electron chi connectivity index (χ3n) is 3.52. The van der Waals surface area contributed by atoms with Crippen LogP contribution < -0.4 is 22.9 Å². The minimum atomic E-state index is 0.489. The second kappa shape index (κ2) is 4.91. The van der Waals surface area contributed by atoms with Crippen LogP contribution in [0.1, 0.15) is 6.42 Å². The summed E-state index contributed by atoms with van der Waals surface area (Å²) >= 11 is 0. The lowest BCUT2D eigenvalue weighted by Crippen LogP contribution is -2.34. The van der Waals surface area contributed by atoms with Gasteiger partial charge in [-0.05, 0) is 56.3 Å². The summed E-state index contributed by atoms with van der Waals surface area (Å²) in [6.45, 7) is 2.82. The van der Waals surface area contributed by atoms with E-state index in [0.29, 0.717) is 36.8 Å². The number of nitrogens with two attached hydrogens (primary N) is 4. The van der Waals surface area contributed by atoms with Gasteiger partial charge in [-0.1, -0.05) is 0 Å². The van der Waals surface area contributed by atoms with Crippen LogP contribution in [0.3, 0.4) is 0 Å². The summed E-state index contributed by atoms with van der Waals surface area (Å²) in [4.78, 5) is 0. The highest BCUT2D eigenvalue weighted by atomic mass is 14.7. The Bertz CT molecular complexity index is 135. The number of rotatable bonds is 4. The fourth-order valence-electron chi connectivity index (χ4n) is 2.71. The molecule has 4 nitrogen and oxygen atoms in total. The van der Waals surface area contributed by atoms with Crippen LogP contribution in [0.4, 0.5) is 0 Å². The van der Waals surface area contributed by atoms with Crippen molar-refractivity contribution in [2.75, 3.05) is 26.2 Å². The lowest BCUT2D eigenvalue weighted by molar-refractivity contribution is 0.301. The van der Waals surface area contributed by atoms with E-state index in [1.54, 1.807) is 0 Å². The van der Waals surface area contributed by atoms with Gasteiger partial charge in [0.2, 0.25) is 0 Å². The Balaban J connectivity index is 2.65. The normalized spacial score (nSPS) is 39.7. The molecule has 4 heteroatoms. The molecule has 1 saturated carbocycles. The van der Waals surface area contributed by atoms with E-state index in [4.69, 9.17) is 22.9 Å². The molecular weight excluding hydrogens is 164 g/mol. The average Bonchev–Trinajstić information content (AvgIpc) is 2.54. The van der Waals surface area contributed by atoms with Gasteiger partial charge in [-0.25, -0.2) is 0 Å². The SMILES string of the molecule is NCC1CC(CN)C(CN)C1CN. The number of hydrogen-bond donors (Lipinski definition) is 4. The molecule has 0 aromatic heterocycles. The molecular formula is C9H22N4. The first-order valence-electron chi connectivity index (χ1n) is 5.08. The van der Waals surface area contributed by atoms with Gasteiger partial charge in [0.25, 0.3) is 0 Å². The van der Waals surface area contributed by atoms with Crippen molar-refractivity contribution >= 4 is 0 Å². The zero-order valence-electron chi connectivity index (χ0n) is 8.15. The highest BCUT2D eigenvalue weighted by Gasteiger charge is 2.39. The maximum absolute atomic E-state index is 5.73. The quantitative estimate of drug-likeness (QED) is 0.437. The molecule has 0 saturated heterocycles. The third kappa shape index (κ3) is 2.02. The van der Waals surface area contributed by atoms with E-state index in [9.17, 15) is 0 Å². The van der Waals surface area contributed by atoms with Crippen molar-refractivity contribution in [3.05, 3.63) is 0 Å². The summed E-state index contributed by atoms with van der Waals surface area (Å²) in [5.41, 5.74) is 22.9. The van der Waals surface area contributed by atoms with E-state index >= 15 is 0 Å². The van der Waals surface area contributed by atoms with Gasteiger partial charge in [0.05, 0.1) is 0 Å². The van der Waals surface area contributed by atoms with Crippen LogP contribution in [0.15, 0.2) is 0 Å². The Hall–Kier alpha value is -0.160. The van der Waals surface area contributed by atoms with Crippen molar-refractivity contribution in [2.24, 2.45) is 46.6 Å². The lowest BCUT2D eigenvalue weighted by atomic mass is 9.87. The zero-order valence-corrected chi connectivity index (χ0v) is 8.15. The van der Waals surface area contributed by atoms with Crippen LogP contribution in [0.2, 0.25) is 0 Å². The van der Waals surface area contributed by atoms with Gasteiger partial charge in [0.1, 0.15) is 0 Å². The van der Waals surface area contributed by atoms with Gasteiger partial charge in [-0.2, -0.15) is 0 Å². The molecule has 4 unspecified atom stereocenters. The molecule has 13 heavy (non-hydrogen) atoms. The molecule has 0 radical (unpaired) electrons. The molecule has 0 heterocycles. The van der Waals surface area contributed by atoms with Crippen molar-refractivity contribution in [1.82, 2.24) is 0 Å². The maximum Gasteiger partial charge on any atom is -0.00425 e. The van der Waals surface area contributed by atoms with Gasteiger partial charge in [-0.3, -0.25) is 0 Å². The Morgan fingerprint density at radius 1 is 0.692 bits per heavy atom. The molecule has 0 aliphatic heterocycles. The molecule has 0 aromatic carbocycles. The minimum Gasteiger partial charge on any atom is -0.330 e. The zero-order chi connectivity index (χ0) is 9.84. The van der Waals surface area contributed by atoms with Crippen molar-refractivity contribution < 1.29 is 0 Å². The second-order valence-corrected chi connectivity index (χ2v) is 4.03.